The molecule has 3 aromatic heterocycles. The minimum atomic E-state index is 0.839. The molecule has 3 heterocycles. The Balaban J connectivity index is 2.02. The minimum Gasteiger partial charge on any atom is -0.264 e. The van der Waals surface area contributed by atoms with Crippen LogP contribution >= 0.6 is 11.3 Å². The fourth-order valence-corrected chi connectivity index (χ4v) is 3.26. The molecular formula is C18H18N4S. The number of pyridine rings is 1. The van der Waals surface area contributed by atoms with Crippen LogP contribution in [0.2, 0.25) is 0 Å². The average molecular weight is 322 g/mol. The molecule has 0 aromatic carbocycles. The van der Waals surface area contributed by atoms with Gasteiger partial charge in [-0.2, -0.15) is 5.10 Å². The quantitative estimate of drug-likeness (QED) is 0.661. The monoisotopic (exact) mass is 322 g/mol. The third-order valence-electron chi connectivity index (χ3n) is 3.35. The number of aromatic nitrogens is 3. The standard InChI is InChI=1S/C18H18N4S/c1-4-8-19-11-15-9-16(23-12-15)18-13(2)10-20-22(18)17-7-5-6-14(3)21-17/h4-12H,1-3H3/b8-4-,19-11-. The Bertz CT molecular complexity index is 871. The van der Waals surface area contributed by atoms with Crippen molar-refractivity contribution in [2.75, 3.05) is 0 Å². The Kier molecular flexibility index (Phi) is 4.48. The van der Waals surface area contributed by atoms with Gasteiger partial charge in [-0.3, -0.25) is 4.99 Å². The van der Waals surface area contributed by atoms with Crippen LogP contribution in [0, 0.1) is 13.8 Å². The molecule has 4 nitrogen and oxygen atoms in total. The van der Waals surface area contributed by atoms with Gasteiger partial charge in [-0.05, 0) is 44.5 Å². The van der Waals surface area contributed by atoms with E-state index in [1.165, 1.54) is 0 Å². The molecule has 0 radical (unpaired) electrons. The van der Waals surface area contributed by atoms with E-state index in [9.17, 15) is 0 Å². The maximum atomic E-state index is 4.58. The van der Waals surface area contributed by atoms with Crippen molar-refractivity contribution in [2.45, 2.75) is 20.8 Å². The van der Waals surface area contributed by atoms with Gasteiger partial charge in [0.1, 0.15) is 0 Å². The number of allylic oxidation sites excluding steroid dienone is 1. The Morgan fingerprint density at radius 1 is 1.26 bits per heavy atom. The van der Waals surface area contributed by atoms with Crippen LogP contribution in [0.25, 0.3) is 16.4 Å². The van der Waals surface area contributed by atoms with Crippen LogP contribution in [0.15, 0.2) is 53.1 Å². The number of hydrogen-bond acceptors (Lipinski definition) is 4. The molecule has 0 saturated carbocycles. The summed E-state index contributed by atoms with van der Waals surface area (Å²) in [6, 6.07) is 8.10. The highest BCUT2D eigenvalue weighted by Gasteiger charge is 2.14. The van der Waals surface area contributed by atoms with Gasteiger partial charge in [-0.15, -0.1) is 11.3 Å². The predicted molar refractivity (Wildman–Crippen MR) is 96.6 cm³/mol. The Labute approximate surface area is 139 Å². The molecule has 0 N–H and O–H groups in total. The molecule has 116 valence electrons. The topological polar surface area (TPSA) is 43.1 Å². The molecule has 0 atom stereocenters. The normalized spacial score (nSPS) is 11.8. The van der Waals surface area contributed by atoms with Crippen molar-refractivity contribution in [2.24, 2.45) is 4.99 Å². The SMILES string of the molecule is C/C=C\N=C/c1csc(-c2c(C)cnn2-c2cccc(C)n2)c1. The Morgan fingerprint density at radius 3 is 2.91 bits per heavy atom. The lowest BCUT2D eigenvalue weighted by Gasteiger charge is -2.06. The second kappa shape index (κ2) is 6.71. The van der Waals surface area contributed by atoms with Crippen LogP contribution in [-0.4, -0.2) is 21.0 Å². The molecule has 0 aliphatic heterocycles. The summed E-state index contributed by atoms with van der Waals surface area (Å²) in [7, 11) is 0. The van der Waals surface area contributed by atoms with Gasteiger partial charge in [-0.25, -0.2) is 9.67 Å². The number of aliphatic imine (C=N–C) groups is 1. The maximum absolute atomic E-state index is 4.58. The smallest absolute Gasteiger partial charge is 0.154 e. The molecule has 0 aliphatic rings. The van der Waals surface area contributed by atoms with Crippen LogP contribution in [0.5, 0.6) is 0 Å². The zero-order valence-electron chi connectivity index (χ0n) is 13.4. The molecule has 3 rings (SSSR count). The van der Waals surface area contributed by atoms with Gasteiger partial charge in [0.2, 0.25) is 0 Å². The number of thiophene rings is 1. The van der Waals surface area contributed by atoms with E-state index in [0.29, 0.717) is 0 Å². The zero-order chi connectivity index (χ0) is 16.2. The highest BCUT2D eigenvalue weighted by Crippen LogP contribution is 2.30. The van der Waals surface area contributed by atoms with Crippen molar-refractivity contribution in [1.29, 1.82) is 0 Å². The number of nitrogens with zero attached hydrogens (tertiary/aromatic N) is 4. The van der Waals surface area contributed by atoms with Crippen LogP contribution in [0.3, 0.4) is 0 Å². The molecule has 23 heavy (non-hydrogen) atoms. The predicted octanol–water partition coefficient (Wildman–Crippen LogP) is 4.57. The summed E-state index contributed by atoms with van der Waals surface area (Å²) in [5.74, 6) is 0.839. The molecule has 0 bridgehead atoms. The van der Waals surface area contributed by atoms with Crippen molar-refractivity contribution >= 4 is 17.6 Å². The highest BCUT2D eigenvalue weighted by atomic mass is 32.1. The third-order valence-corrected chi connectivity index (χ3v) is 4.31. The number of hydrogen-bond donors (Lipinski definition) is 0. The lowest BCUT2D eigenvalue weighted by molar-refractivity contribution is 0.849. The summed E-state index contributed by atoms with van der Waals surface area (Å²) in [4.78, 5) is 9.97. The first-order valence-electron chi connectivity index (χ1n) is 7.41. The summed E-state index contributed by atoms with van der Waals surface area (Å²) < 4.78 is 1.90. The lowest BCUT2D eigenvalue weighted by Crippen LogP contribution is -2.02. The van der Waals surface area contributed by atoms with Crippen molar-refractivity contribution in [1.82, 2.24) is 14.8 Å². The second-order valence-corrected chi connectivity index (χ2v) is 6.14. The van der Waals surface area contributed by atoms with Crippen molar-refractivity contribution in [3.05, 3.63) is 64.9 Å². The van der Waals surface area contributed by atoms with E-state index in [-0.39, 0.29) is 0 Å². The molecular weight excluding hydrogens is 304 g/mol. The van der Waals surface area contributed by atoms with Crippen LogP contribution in [-0.2, 0) is 0 Å². The van der Waals surface area contributed by atoms with E-state index in [2.05, 4.69) is 33.4 Å². The van der Waals surface area contributed by atoms with E-state index in [4.69, 9.17) is 0 Å². The van der Waals surface area contributed by atoms with Gasteiger partial charge in [-0.1, -0.05) is 12.1 Å². The largest absolute Gasteiger partial charge is 0.264 e. The van der Waals surface area contributed by atoms with Gasteiger partial charge in [0.25, 0.3) is 0 Å². The first-order valence-corrected chi connectivity index (χ1v) is 8.29. The first kappa shape index (κ1) is 15.4. The zero-order valence-corrected chi connectivity index (χ0v) is 14.2. The Hall–Kier alpha value is -2.53. The summed E-state index contributed by atoms with van der Waals surface area (Å²) in [5.41, 5.74) is 4.28. The lowest BCUT2D eigenvalue weighted by atomic mass is 10.2. The molecule has 5 heteroatoms. The molecule has 0 saturated heterocycles. The maximum Gasteiger partial charge on any atom is 0.154 e. The summed E-state index contributed by atoms with van der Waals surface area (Å²) >= 11 is 1.69. The molecule has 0 amide bonds. The average Bonchev–Trinajstić information content (AvgIpc) is 3.14. The molecule has 0 unspecified atom stereocenters. The molecule has 0 fully saturated rings. The molecule has 0 aliphatic carbocycles. The van der Waals surface area contributed by atoms with E-state index in [1.807, 2.05) is 55.2 Å². The number of aryl methyl sites for hydroxylation is 2. The van der Waals surface area contributed by atoms with E-state index in [1.54, 1.807) is 17.5 Å². The highest BCUT2D eigenvalue weighted by molar-refractivity contribution is 7.13. The molecule has 3 aromatic rings. The summed E-state index contributed by atoms with van der Waals surface area (Å²) in [6.45, 7) is 6.01. The first-order chi connectivity index (χ1) is 11.2. The van der Waals surface area contributed by atoms with Gasteiger partial charge in [0.05, 0.1) is 16.8 Å². The number of rotatable bonds is 4. The van der Waals surface area contributed by atoms with Gasteiger partial charge in [0, 0.05) is 29.1 Å². The minimum absolute atomic E-state index is 0.839. The van der Waals surface area contributed by atoms with Gasteiger partial charge >= 0.3 is 0 Å². The molecule has 0 spiro atoms. The van der Waals surface area contributed by atoms with Crippen molar-refractivity contribution < 1.29 is 0 Å². The Morgan fingerprint density at radius 2 is 2.13 bits per heavy atom. The van der Waals surface area contributed by atoms with E-state index < -0.39 is 0 Å². The van der Waals surface area contributed by atoms with E-state index in [0.717, 1.165) is 33.2 Å². The van der Waals surface area contributed by atoms with Crippen LogP contribution in [0.1, 0.15) is 23.7 Å². The van der Waals surface area contributed by atoms with Gasteiger partial charge < -0.3 is 0 Å². The fraction of sp³-hybridized carbons (Fsp3) is 0.167. The van der Waals surface area contributed by atoms with Crippen LogP contribution < -0.4 is 0 Å². The van der Waals surface area contributed by atoms with Crippen molar-refractivity contribution in [3.8, 4) is 16.4 Å². The third kappa shape index (κ3) is 3.29. The fourth-order valence-electron chi connectivity index (χ4n) is 2.31. The van der Waals surface area contributed by atoms with Crippen molar-refractivity contribution in [3.63, 3.8) is 0 Å². The van der Waals surface area contributed by atoms with E-state index >= 15 is 0 Å². The second-order valence-electron chi connectivity index (χ2n) is 5.23. The van der Waals surface area contributed by atoms with Gasteiger partial charge in [0.15, 0.2) is 5.82 Å². The summed E-state index contributed by atoms with van der Waals surface area (Å²) in [6.07, 6.45) is 7.43. The van der Waals surface area contributed by atoms with Crippen LogP contribution in [0.4, 0.5) is 0 Å². The summed E-state index contributed by atoms with van der Waals surface area (Å²) in [5, 5.41) is 6.60.